The van der Waals surface area contributed by atoms with Crippen LogP contribution in [0, 0.1) is 40.4 Å². The normalized spacial score (nSPS) is 45.7. The van der Waals surface area contributed by atoms with Crippen LogP contribution in [0.4, 0.5) is 0 Å². The van der Waals surface area contributed by atoms with Crippen LogP contribution in [-0.2, 0) is 9.59 Å². The number of hydrogen-bond acceptors (Lipinski definition) is 2. The van der Waals surface area contributed by atoms with Crippen molar-refractivity contribution in [2.45, 2.75) is 72.3 Å². The lowest BCUT2D eigenvalue weighted by Gasteiger charge is -2.58. The monoisotopic (exact) mass is 372 g/mol. The molecule has 0 aromatic carbocycles. The SMILES string of the molecule is CC(C)CNC(=O)[C@H]1CC[C@H]2[C@@H]3CC[C@H]4NC(=O)C=C[C@]4(C)[C@H]3CC[C@]12C. The summed E-state index contributed by atoms with van der Waals surface area (Å²) in [6.07, 6.45) is 10.8. The van der Waals surface area contributed by atoms with E-state index >= 15 is 0 Å². The molecule has 2 amide bonds. The van der Waals surface area contributed by atoms with Crippen LogP contribution in [0.1, 0.15) is 66.2 Å². The number of nitrogens with one attached hydrogen (secondary N) is 2. The molecule has 4 rings (SSSR count). The molecule has 7 atom stereocenters. The molecule has 3 saturated carbocycles. The Labute approximate surface area is 163 Å². The van der Waals surface area contributed by atoms with Gasteiger partial charge in [-0.25, -0.2) is 0 Å². The van der Waals surface area contributed by atoms with Crippen LogP contribution in [0.3, 0.4) is 0 Å². The molecule has 27 heavy (non-hydrogen) atoms. The number of carbonyl (C=O) groups is 2. The van der Waals surface area contributed by atoms with Gasteiger partial charge in [0.25, 0.3) is 0 Å². The molecule has 150 valence electrons. The van der Waals surface area contributed by atoms with Crippen molar-refractivity contribution >= 4 is 11.8 Å². The van der Waals surface area contributed by atoms with Crippen LogP contribution >= 0.6 is 0 Å². The third-order valence-electron chi connectivity index (χ3n) is 8.69. The molecule has 0 aromatic rings. The van der Waals surface area contributed by atoms with Crippen molar-refractivity contribution < 1.29 is 9.59 Å². The van der Waals surface area contributed by atoms with Gasteiger partial charge in [-0.1, -0.05) is 33.8 Å². The highest BCUT2D eigenvalue weighted by atomic mass is 16.2. The van der Waals surface area contributed by atoms with E-state index < -0.39 is 0 Å². The first-order chi connectivity index (χ1) is 12.8. The second-order valence-electron chi connectivity index (χ2n) is 10.5. The zero-order valence-electron chi connectivity index (χ0n) is 17.4. The van der Waals surface area contributed by atoms with Crippen LogP contribution < -0.4 is 10.6 Å². The van der Waals surface area contributed by atoms with Gasteiger partial charge in [0.15, 0.2) is 0 Å². The Morgan fingerprint density at radius 3 is 2.70 bits per heavy atom. The molecule has 4 aliphatic rings. The van der Waals surface area contributed by atoms with Gasteiger partial charge in [0.05, 0.1) is 0 Å². The molecule has 1 heterocycles. The second kappa shape index (κ2) is 6.63. The van der Waals surface area contributed by atoms with Crippen molar-refractivity contribution in [3.8, 4) is 0 Å². The maximum absolute atomic E-state index is 12.9. The minimum atomic E-state index is 0.0688. The molecule has 0 unspecified atom stereocenters. The molecule has 0 saturated heterocycles. The molecular formula is C23H36N2O2. The van der Waals surface area contributed by atoms with Crippen LogP contribution in [0.25, 0.3) is 0 Å². The fraction of sp³-hybridized carbons (Fsp3) is 0.826. The topological polar surface area (TPSA) is 58.2 Å². The van der Waals surface area contributed by atoms with E-state index in [0.717, 1.165) is 25.8 Å². The van der Waals surface area contributed by atoms with E-state index in [2.05, 4.69) is 44.4 Å². The van der Waals surface area contributed by atoms with Gasteiger partial charge in [0, 0.05) is 23.9 Å². The molecule has 3 fully saturated rings. The molecule has 2 N–H and O–H groups in total. The van der Waals surface area contributed by atoms with E-state index in [1.807, 2.05) is 0 Å². The molecule has 0 spiro atoms. The Balaban J connectivity index is 1.54. The zero-order valence-corrected chi connectivity index (χ0v) is 17.4. The minimum Gasteiger partial charge on any atom is -0.356 e. The number of amides is 2. The Morgan fingerprint density at radius 1 is 1.19 bits per heavy atom. The van der Waals surface area contributed by atoms with Gasteiger partial charge >= 0.3 is 0 Å². The van der Waals surface area contributed by atoms with Crippen molar-refractivity contribution in [2.24, 2.45) is 40.4 Å². The van der Waals surface area contributed by atoms with Crippen LogP contribution in [0.2, 0.25) is 0 Å². The smallest absolute Gasteiger partial charge is 0.243 e. The zero-order chi connectivity index (χ0) is 19.4. The lowest BCUT2D eigenvalue weighted by atomic mass is 9.48. The third kappa shape index (κ3) is 2.94. The largest absolute Gasteiger partial charge is 0.356 e. The van der Waals surface area contributed by atoms with Crippen molar-refractivity contribution in [3.05, 3.63) is 12.2 Å². The number of rotatable bonds is 3. The molecule has 4 heteroatoms. The first kappa shape index (κ1) is 19.0. The summed E-state index contributed by atoms with van der Waals surface area (Å²) in [7, 11) is 0. The van der Waals surface area contributed by atoms with E-state index in [0.29, 0.717) is 23.7 Å². The first-order valence-electron chi connectivity index (χ1n) is 11.0. The molecular weight excluding hydrogens is 336 g/mol. The Kier molecular flexibility index (Phi) is 4.67. The molecule has 4 nitrogen and oxygen atoms in total. The standard InChI is InChI=1S/C23H36N2O2/c1-14(2)13-24-21(27)18-7-6-16-15-5-8-19-23(4,12-10-20(26)25-19)17(15)9-11-22(16,18)3/h10,12,14-19H,5-9,11,13H2,1-4H3,(H,24,27)(H,25,26)/t15-,16-,17-,18+,19+,22-,23+/m0/s1. The van der Waals surface area contributed by atoms with Crippen molar-refractivity contribution in [1.29, 1.82) is 0 Å². The summed E-state index contributed by atoms with van der Waals surface area (Å²) in [5, 5.41) is 6.44. The van der Waals surface area contributed by atoms with Gasteiger partial charge in [-0.3, -0.25) is 9.59 Å². The summed E-state index contributed by atoms with van der Waals surface area (Å²) in [5.74, 6) is 3.00. The lowest BCUT2D eigenvalue weighted by Crippen LogP contribution is -2.59. The van der Waals surface area contributed by atoms with Crippen LogP contribution in [-0.4, -0.2) is 24.4 Å². The molecule has 1 aliphatic heterocycles. The molecule has 0 aromatic heterocycles. The number of carbonyl (C=O) groups excluding carboxylic acids is 2. The quantitative estimate of drug-likeness (QED) is 0.794. The summed E-state index contributed by atoms with van der Waals surface area (Å²) >= 11 is 0. The van der Waals surface area contributed by atoms with Gasteiger partial charge in [0.2, 0.25) is 11.8 Å². The lowest BCUT2D eigenvalue weighted by molar-refractivity contribution is -0.134. The molecule has 0 bridgehead atoms. The summed E-state index contributed by atoms with van der Waals surface area (Å²) in [5.41, 5.74) is 0.225. The third-order valence-corrected chi connectivity index (χ3v) is 8.69. The predicted octanol–water partition coefficient (Wildman–Crippen LogP) is 3.67. The van der Waals surface area contributed by atoms with E-state index in [1.165, 1.54) is 19.3 Å². The van der Waals surface area contributed by atoms with Gasteiger partial charge in [-0.05, 0) is 73.7 Å². The van der Waals surface area contributed by atoms with E-state index in [4.69, 9.17) is 0 Å². The predicted molar refractivity (Wildman–Crippen MR) is 107 cm³/mol. The van der Waals surface area contributed by atoms with Gasteiger partial charge in [0.1, 0.15) is 0 Å². The van der Waals surface area contributed by atoms with Gasteiger partial charge in [-0.2, -0.15) is 0 Å². The summed E-state index contributed by atoms with van der Waals surface area (Å²) in [4.78, 5) is 24.8. The van der Waals surface area contributed by atoms with Crippen LogP contribution in [0.5, 0.6) is 0 Å². The number of hydrogen-bond donors (Lipinski definition) is 2. The average Bonchev–Trinajstić information content (AvgIpc) is 2.97. The highest BCUT2D eigenvalue weighted by Gasteiger charge is 2.60. The van der Waals surface area contributed by atoms with Gasteiger partial charge < -0.3 is 10.6 Å². The van der Waals surface area contributed by atoms with Crippen molar-refractivity contribution in [1.82, 2.24) is 10.6 Å². The maximum Gasteiger partial charge on any atom is 0.243 e. The van der Waals surface area contributed by atoms with E-state index in [-0.39, 0.29) is 34.6 Å². The summed E-state index contributed by atoms with van der Waals surface area (Å²) in [6, 6.07) is 0.284. The minimum absolute atomic E-state index is 0.0688. The van der Waals surface area contributed by atoms with Crippen molar-refractivity contribution in [2.75, 3.05) is 6.54 Å². The number of fused-ring (bicyclic) bond motifs is 5. The second-order valence-corrected chi connectivity index (χ2v) is 10.5. The summed E-state index contributed by atoms with van der Waals surface area (Å²) in [6.45, 7) is 9.84. The highest BCUT2D eigenvalue weighted by molar-refractivity contribution is 5.89. The Hall–Kier alpha value is -1.32. The summed E-state index contributed by atoms with van der Waals surface area (Å²) < 4.78 is 0. The fourth-order valence-electron chi connectivity index (χ4n) is 7.19. The highest BCUT2D eigenvalue weighted by Crippen LogP contribution is 2.64. The first-order valence-corrected chi connectivity index (χ1v) is 11.0. The van der Waals surface area contributed by atoms with E-state index in [9.17, 15) is 9.59 Å². The van der Waals surface area contributed by atoms with Gasteiger partial charge in [-0.15, -0.1) is 0 Å². The Bertz CT molecular complexity index is 657. The fourth-order valence-corrected chi connectivity index (χ4v) is 7.19. The maximum atomic E-state index is 12.9. The molecule has 3 aliphatic carbocycles. The van der Waals surface area contributed by atoms with Crippen LogP contribution in [0.15, 0.2) is 12.2 Å². The van der Waals surface area contributed by atoms with E-state index in [1.54, 1.807) is 6.08 Å². The van der Waals surface area contributed by atoms with Crippen molar-refractivity contribution in [3.63, 3.8) is 0 Å². The Morgan fingerprint density at radius 2 is 1.96 bits per heavy atom. The average molecular weight is 373 g/mol. The molecule has 0 radical (unpaired) electrons.